The maximum absolute atomic E-state index is 12.7. The highest BCUT2D eigenvalue weighted by molar-refractivity contribution is 5.96. The van der Waals surface area contributed by atoms with E-state index in [4.69, 9.17) is 0 Å². The van der Waals surface area contributed by atoms with Crippen molar-refractivity contribution in [1.82, 2.24) is 15.2 Å². The van der Waals surface area contributed by atoms with Crippen molar-refractivity contribution in [3.8, 4) is 11.1 Å². The van der Waals surface area contributed by atoms with Crippen molar-refractivity contribution in [3.63, 3.8) is 0 Å². The van der Waals surface area contributed by atoms with Crippen LogP contribution in [0.15, 0.2) is 73.2 Å². The molecule has 1 unspecified atom stereocenters. The summed E-state index contributed by atoms with van der Waals surface area (Å²) >= 11 is 0. The molecule has 2 aromatic heterocycles. The topological polar surface area (TPSA) is 70.7 Å². The fourth-order valence-electron chi connectivity index (χ4n) is 3.27. The van der Waals surface area contributed by atoms with Gasteiger partial charge in [-0.25, -0.2) is 0 Å². The van der Waals surface area contributed by atoms with Crippen molar-refractivity contribution in [1.29, 1.82) is 0 Å². The molecule has 5 nitrogen and oxygen atoms in total. The van der Waals surface area contributed by atoms with Gasteiger partial charge in [0, 0.05) is 23.6 Å². The number of benzene rings is 1. The highest BCUT2D eigenvalue weighted by atomic mass is 19.4. The number of aromatic amines is 1. The number of nitrogens with one attached hydrogen (secondary N) is 2. The maximum atomic E-state index is 12.7. The Labute approximate surface area is 170 Å². The van der Waals surface area contributed by atoms with E-state index in [-0.39, 0.29) is 5.91 Å². The minimum Gasteiger partial charge on any atom is -0.326 e. The van der Waals surface area contributed by atoms with Gasteiger partial charge in [-0.1, -0.05) is 18.2 Å². The number of anilines is 1. The molecule has 1 aromatic carbocycles. The molecule has 0 aliphatic heterocycles. The Hall–Kier alpha value is -3.68. The highest BCUT2D eigenvalue weighted by Crippen LogP contribution is 2.32. The lowest BCUT2D eigenvalue weighted by molar-refractivity contribution is -0.137. The summed E-state index contributed by atoms with van der Waals surface area (Å²) in [5.74, 6) is -0.748. The van der Waals surface area contributed by atoms with Crippen LogP contribution >= 0.6 is 0 Å². The second-order valence-electron chi connectivity index (χ2n) is 6.83. The van der Waals surface area contributed by atoms with Crippen LogP contribution in [-0.4, -0.2) is 21.1 Å². The average Bonchev–Trinajstić information content (AvgIpc) is 3.24. The van der Waals surface area contributed by atoms with Crippen molar-refractivity contribution in [3.05, 3.63) is 84.5 Å². The third-order valence-electron chi connectivity index (χ3n) is 4.80. The molecule has 2 N–H and O–H groups in total. The molecule has 1 amide bonds. The van der Waals surface area contributed by atoms with Gasteiger partial charge in [0.15, 0.2) is 0 Å². The van der Waals surface area contributed by atoms with Crippen LogP contribution in [0.3, 0.4) is 0 Å². The van der Waals surface area contributed by atoms with Crippen LogP contribution in [0.5, 0.6) is 0 Å². The van der Waals surface area contributed by atoms with E-state index in [1.54, 1.807) is 18.6 Å². The van der Waals surface area contributed by atoms with Gasteiger partial charge in [0.25, 0.3) is 0 Å². The number of pyridine rings is 1. The Morgan fingerprint density at radius 2 is 1.83 bits per heavy atom. The second-order valence-corrected chi connectivity index (χ2v) is 6.83. The first-order valence-corrected chi connectivity index (χ1v) is 9.22. The Morgan fingerprint density at radius 1 is 1.10 bits per heavy atom. The van der Waals surface area contributed by atoms with Crippen LogP contribution in [0.1, 0.15) is 17.7 Å². The summed E-state index contributed by atoms with van der Waals surface area (Å²) in [4.78, 5) is 16.7. The monoisotopic (exact) mass is 410 g/mol. The third-order valence-corrected chi connectivity index (χ3v) is 4.80. The number of hydrogen-bond donors (Lipinski definition) is 2. The molecule has 0 saturated carbocycles. The first kappa shape index (κ1) is 19.6. The lowest BCUT2D eigenvalue weighted by atomic mass is 9.91. The molecular formula is C22H17F3N4O. The fourth-order valence-corrected chi connectivity index (χ4v) is 3.27. The molecule has 0 radical (unpaired) electrons. The minimum atomic E-state index is -4.41. The average molecular weight is 410 g/mol. The molecule has 1 aliphatic carbocycles. The molecule has 0 saturated heterocycles. The molecule has 0 spiro atoms. The van der Waals surface area contributed by atoms with E-state index in [2.05, 4.69) is 20.5 Å². The van der Waals surface area contributed by atoms with Crippen LogP contribution in [-0.2, 0) is 11.0 Å². The Balaban J connectivity index is 1.52. The zero-order chi connectivity index (χ0) is 21.1. The Kier molecular flexibility index (Phi) is 5.22. The maximum Gasteiger partial charge on any atom is 0.416 e. The van der Waals surface area contributed by atoms with E-state index in [0.717, 1.165) is 34.5 Å². The SMILES string of the molecule is O=C(Nc1ccc(C(F)(F)F)cc1)C1C=C(c2[nH]ncc2-c2ccncc2)C=CC1. The number of hydrogen-bond acceptors (Lipinski definition) is 3. The molecule has 152 valence electrons. The minimum absolute atomic E-state index is 0.290. The molecule has 1 atom stereocenters. The quantitative estimate of drug-likeness (QED) is 0.630. The number of rotatable bonds is 4. The zero-order valence-corrected chi connectivity index (χ0v) is 15.6. The van der Waals surface area contributed by atoms with E-state index in [1.807, 2.05) is 30.4 Å². The number of carbonyl (C=O) groups is 1. The van der Waals surface area contributed by atoms with Crippen molar-refractivity contribution in [2.45, 2.75) is 12.6 Å². The molecule has 2 heterocycles. The van der Waals surface area contributed by atoms with Gasteiger partial charge in [-0.15, -0.1) is 0 Å². The normalized spacial score (nSPS) is 16.2. The van der Waals surface area contributed by atoms with Gasteiger partial charge in [-0.2, -0.15) is 18.3 Å². The van der Waals surface area contributed by atoms with Crippen LogP contribution < -0.4 is 5.32 Å². The summed E-state index contributed by atoms with van der Waals surface area (Å²) in [7, 11) is 0. The molecule has 4 rings (SSSR count). The van der Waals surface area contributed by atoms with Crippen LogP contribution in [0.4, 0.5) is 18.9 Å². The molecule has 1 aliphatic rings. The van der Waals surface area contributed by atoms with Gasteiger partial charge < -0.3 is 5.32 Å². The summed E-state index contributed by atoms with van der Waals surface area (Å²) in [6.07, 6.45) is 6.82. The largest absolute Gasteiger partial charge is 0.416 e. The van der Waals surface area contributed by atoms with E-state index >= 15 is 0 Å². The van der Waals surface area contributed by atoms with Crippen molar-refractivity contribution >= 4 is 17.2 Å². The van der Waals surface area contributed by atoms with Gasteiger partial charge in [-0.3, -0.25) is 14.9 Å². The molecule has 0 fully saturated rings. The van der Waals surface area contributed by atoms with E-state index in [1.165, 1.54) is 12.1 Å². The van der Waals surface area contributed by atoms with Gasteiger partial charge >= 0.3 is 6.18 Å². The zero-order valence-electron chi connectivity index (χ0n) is 15.6. The fraction of sp³-hybridized carbons (Fsp3) is 0.136. The predicted molar refractivity (Wildman–Crippen MR) is 107 cm³/mol. The van der Waals surface area contributed by atoms with E-state index in [0.29, 0.717) is 12.1 Å². The van der Waals surface area contributed by atoms with Crippen molar-refractivity contribution in [2.75, 3.05) is 5.32 Å². The van der Waals surface area contributed by atoms with Crippen LogP contribution in [0.2, 0.25) is 0 Å². The summed E-state index contributed by atoms with van der Waals surface area (Å²) < 4.78 is 38.1. The van der Waals surface area contributed by atoms with E-state index in [9.17, 15) is 18.0 Å². The Bertz CT molecular complexity index is 1100. The molecular weight excluding hydrogens is 393 g/mol. The summed E-state index contributed by atoms with van der Waals surface area (Å²) in [5.41, 5.74) is 2.99. The molecule has 3 aromatic rings. The first-order chi connectivity index (χ1) is 14.4. The molecule has 30 heavy (non-hydrogen) atoms. The smallest absolute Gasteiger partial charge is 0.326 e. The first-order valence-electron chi connectivity index (χ1n) is 9.22. The lowest BCUT2D eigenvalue weighted by Crippen LogP contribution is -2.22. The standard InChI is InChI=1S/C22H17F3N4O/c23-22(24,25)17-4-6-18(7-5-17)28-21(30)16-3-1-2-15(12-16)20-19(13-27-29-20)14-8-10-26-11-9-14/h1-2,4-13,16H,3H2,(H,27,29)(H,28,30). The number of allylic oxidation sites excluding steroid dienone is 3. The summed E-state index contributed by atoms with van der Waals surface area (Å²) in [5, 5.41) is 9.79. The van der Waals surface area contributed by atoms with Gasteiger partial charge in [0.1, 0.15) is 0 Å². The molecule has 0 bridgehead atoms. The number of amides is 1. The van der Waals surface area contributed by atoms with Crippen molar-refractivity contribution in [2.24, 2.45) is 5.92 Å². The molecule has 8 heteroatoms. The number of alkyl halides is 3. The highest BCUT2D eigenvalue weighted by Gasteiger charge is 2.30. The second kappa shape index (κ2) is 7.98. The number of H-pyrrole nitrogens is 1. The Morgan fingerprint density at radius 3 is 2.53 bits per heavy atom. The van der Waals surface area contributed by atoms with Crippen molar-refractivity contribution < 1.29 is 18.0 Å². The van der Waals surface area contributed by atoms with Crippen LogP contribution in [0.25, 0.3) is 16.7 Å². The third kappa shape index (κ3) is 4.17. The van der Waals surface area contributed by atoms with Gasteiger partial charge in [0.2, 0.25) is 5.91 Å². The predicted octanol–water partition coefficient (Wildman–Crippen LogP) is 5.09. The summed E-state index contributed by atoms with van der Waals surface area (Å²) in [6, 6.07) is 8.14. The number of carbonyl (C=O) groups excluding carboxylic acids is 1. The van der Waals surface area contributed by atoms with Gasteiger partial charge in [0.05, 0.1) is 23.4 Å². The van der Waals surface area contributed by atoms with E-state index < -0.39 is 17.7 Å². The number of nitrogens with zero attached hydrogens (tertiary/aromatic N) is 2. The lowest BCUT2D eigenvalue weighted by Gasteiger charge is -2.17. The van der Waals surface area contributed by atoms with Crippen LogP contribution in [0, 0.1) is 5.92 Å². The number of halogens is 3. The number of aromatic nitrogens is 3. The van der Waals surface area contributed by atoms with Gasteiger partial charge in [-0.05, 0) is 54.0 Å². The summed E-state index contributed by atoms with van der Waals surface area (Å²) in [6.45, 7) is 0.